The smallest absolute Gasteiger partial charge is 0.191 e. The molecule has 2 rings (SSSR count). The number of hydrogen-bond acceptors (Lipinski definition) is 5. The normalized spacial score (nSPS) is 9.90. The van der Waals surface area contributed by atoms with Crippen LogP contribution in [0.25, 0.3) is 0 Å². The van der Waals surface area contributed by atoms with Gasteiger partial charge in [-0.3, -0.25) is 5.21 Å². The lowest BCUT2D eigenvalue weighted by atomic mass is 10.2. The zero-order chi connectivity index (χ0) is 14.5. The zero-order valence-corrected chi connectivity index (χ0v) is 10.4. The fourth-order valence-electron chi connectivity index (χ4n) is 1.58. The first-order valence-electron chi connectivity index (χ1n) is 5.69. The quantitative estimate of drug-likeness (QED) is 0.445. The third kappa shape index (κ3) is 3.37. The summed E-state index contributed by atoms with van der Waals surface area (Å²) in [4.78, 5) is 3.74. The average Bonchev–Trinajstić information content (AvgIpc) is 2.41. The minimum Gasteiger partial charge on any atom is -0.733 e. The predicted octanol–water partition coefficient (Wildman–Crippen LogP) is 2.08. The molecule has 0 fully saturated rings. The largest absolute Gasteiger partial charge is 0.733 e. The Morgan fingerprint density at radius 3 is 2.40 bits per heavy atom. The average molecular weight is 273 g/mol. The molecule has 7 heteroatoms. The second-order valence-corrected chi connectivity index (χ2v) is 3.88. The second-order valence-electron chi connectivity index (χ2n) is 3.88. The lowest BCUT2D eigenvalue weighted by Crippen LogP contribution is -2.22. The predicted molar refractivity (Wildman–Crippen MR) is 76.1 cm³/mol. The van der Waals surface area contributed by atoms with Gasteiger partial charge in [0.1, 0.15) is 11.5 Å². The maximum Gasteiger partial charge on any atom is 0.191 e. The summed E-state index contributed by atoms with van der Waals surface area (Å²) in [7, 11) is 0. The van der Waals surface area contributed by atoms with E-state index in [1.165, 1.54) is 12.1 Å². The van der Waals surface area contributed by atoms with Gasteiger partial charge < -0.3 is 26.6 Å². The number of aliphatic imine (C=N–C) groups is 1. The molecule has 0 atom stereocenters. The van der Waals surface area contributed by atoms with Gasteiger partial charge >= 0.3 is 0 Å². The fraction of sp³-hybridized carbons (Fsp3) is 0. The van der Waals surface area contributed by atoms with E-state index in [1.807, 2.05) is 18.2 Å². The number of anilines is 1. The van der Waals surface area contributed by atoms with E-state index in [4.69, 9.17) is 21.4 Å². The van der Waals surface area contributed by atoms with Crippen LogP contribution in [0.1, 0.15) is 0 Å². The van der Waals surface area contributed by atoms with Crippen LogP contribution in [-0.2, 0) is 0 Å². The summed E-state index contributed by atoms with van der Waals surface area (Å²) in [6.07, 6.45) is 0. The lowest BCUT2D eigenvalue weighted by Gasteiger charge is -2.23. The van der Waals surface area contributed by atoms with Gasteiger partial charge in [-0.2, -0.15) is 0 Å². The van der Waals surface area contributed by atoms with Crippen molar-refractivity contribution in [3.05, 3.63) is 53.7 Å². The Morgan fingerprint density at radius 1 is 1.10 bits per heavy atom. The van der Waals surface area contributed by atoms with E-state index in [1.54, 1.807) is 18.2 Å². The van der Waals surface area contributed by atoms with E-state index in [0.717, 1.165) is 0 Å². The summed E-state index contributed by atoms with van der Waals surface area (Å²) in [6, 6.07) is 13.4. The highest BCUT2D eigenvalue weighted by Gasteiger charge is 2.06. The third-order valence-electron chi connectivity index (χ3n) is 2.38. The highest BCUT2D eigenvalue weighted by atomic mass is 16.8. The van der Waals surface area contributed by atoms with Gasteiger partial charge in [-0.25, -0.2) is 4.99 Å². The highest BCUT2D eigenvalue weighted by Crippen LogP contribution is 2.33. The van der Waals surface area contributed by atoms with E-state index in [-0.39, 0.29) is 22.6 Å². The van der Waals surface area contributed by atoms with Crippen molar-refractivity contribution < 1.29 is 9.94 Å². The molecule has 0 aliphatic heterocycles. The molecule has 0 aromatic heterocycles. The molecule has 0 aliphatic carbocycles. The zero-order valence-electron chi connectivity index (χ0n) is 10.4. The van der Waals surface area contributed by atoms with Crippen LogP contribution in [0.5, 0.6) is 11.5 Å². The monoisotopic (exact) mass is 273 g/mol. The van der Waals surface area contributed by atoms with Crippen LogP contribution >= 0.6 is 0 Å². The number of nitrogens with two attached hydrogens (primary N) is 2. The van der Waals surface area contributed by atoms with Gasteiger partial charge in [-0.1, -0.05) is 18.2 Å². The number of nitrogens with zero attached hydrogens (tertiary/aromatic N) is 2. The minimum absolute atomic E-state index is 0.119. The molecule has 104 valence electrons. The van der Waals surface area contributed by atoms with E-state index in [0.29, 0.717) is 11.5 Å². The molecule has 0 spiro atoms. The summed E-state index contributed by atoms with van der Waals surface area (Å²) in [5.74, 6) is 0.754. The molecule has 7 nitrogen and oxygen atoms in total. The van der Waals surface area contributed by atoms with Crippen LogP contribution in [0.2, 0.25) is 0 Å². The van der Waals surface area contributed by atoms with Crippen LogP contribution in [0.4, 0.5) is 11.4 Å². The van der Waals surface area contributed by atoms with Gasteiger partial charge in [0.05, 0.1) is 11.4 Å². The number of rotatable bonds is 4. The summed E-state index contributed by atoms with van der Waals surface area (Å²) < 4.78 is 5.54. The summed E-state index contributed by atoms with van der Waals surface area (Å²) in [5.41, 5.74) is 10.5. The van der Waals surface area contributed by atoms with Crippen LogP contribution in [-0.4, -0.2) is 11.2 Å². The van der Waals surface area contributed by atoms with Crippen LogP contribution < -0.4 is 21.4 Å². The van der Waals surface area contributed by atoms with Gasteiger partial charge in [0.25, 0.3) is 0 Å². The fourth-order valence-corrected chi connectivity index (χ4v) is 1.58. The van der Waals surface area contributed by atoms with Crippen molar-refractivity contribution in [3.8, 4) is 11.5 Å². The Bertz CT molecular complexity index is 610. The van der Waals surface area contributed by atoms with Crippen molar-refractivity contribution in [2.75, 3.05) is 5.23 Å². The molecule has 0 bridgehead atoms. The van der Waals surface area contributed by atoms with Gasteiger partial charge in [0, 0.05) is 6.07 Å². The Morgan fingerprint density at radius 2 is 1.80 bits per heavy atom. The highest BCUT2D eigenvalue weighted by molar-refractivity contribution is 5.82. The topological polar surface area (TPSA) is 120 Å². The van der Waals surface area contributed by atoms with Crippen molar-refractivity contribution in [2.24, 2.45) is 16.5 Å². The Kier molecular flexibility index (Phi) is 4.04. The maximum absolute atomic E-state index is 11.1. The molecule has 0 aliphatic rings. The van der Waals surface area contributed by atoms with Crippen molar-refractivity contribution in [2.45, 2.75) is 0 Å². The molecule has 0 amide bonds. The van der Waals surface area contributed by atoms with Gasteiger partial charge in [0.2, 0.25) is 0 Å². The van der Waals surface area contributed by atoms with Crippen LogP contribution in [0.3, 0.4) is 0 Å². The van der Waals surface area contributed by atoms with Crippen molar-refractivity contribution in [1.82, 2.24) is 0 Å². The Balaban J connectivity index is 2.33. The first kappa shape index (κ1) is 13.7. The molecule has 0 saturated heterocycles. The standard InChI is InChI=1S/C13H13N4O3/c14-13(15)16-11-7-6-10(8-12(11)17(18)19)20-9-4-2-1-3-5-9/h1-8,18H,(H4,14,15,16)/q-1. The summed E-state index contributed by atoms with van der Waals surface area (Å²) in [5, 5.41) is 19.9. The van der Waals surface area contributed by atoms with E-state index in [2.05, 4.69) is 4.99 Å². The van der Waals surface area contributed by atoms with Crippen molar-refractivity contribution in [3.63, 3.8) is 0 Å². The molecular formula is C13H13N4O3-. The molecule has 2 aromatic rings. The number of ether oxygens (including phenoxy) is 1. The molecule has 0 heterocycles. The number of guanidine groups is 1. The Labute approximate surface area is 115 Å². The molecule has 2 aromatic carbocycles. The first-order chi connectivity index (χ1) is 9.56. The number of hydrogen-bond donors (Lipinski definition) is 3. The Hall–Kier alpha value is -2.77. The third-order valence-corrected chi connectivity index (χ3v) is 2.38. The number of benzene rings is 2. The van der Waals surface area contributed by atoms with Crippen molar-refractivity contribution in [1.29, 1.82) is 0 Å². The molecule has 5 N–H and O–H groups in total. The summed E-state index contributed by atoms with van der Waals surface area (Å²) >= 11 is 0. The second kappa shape index (κ2) is 5.91. The van der Waals surface area contributed by atoms with E-state index >= 15 is 0 Å². The van der Waals surface area contributed by atoms with Crippen LogP contribution in [0.15, 0.2) is 53.5 Å². The van der Waals surface area contributed by atoms with E-state index in [9.17, 15) is 5.21 Å². The van der Waals surface area contributed by atoms with Gasteiger partial charge in [-0.15, -0.1) is 0 Å². The molecule has 0 radical (unpaired) electrons. The van der Waals surface area contributed by atoms with Crippen molar-refractivity contribution >= 4 is 17.3 Å². The SMILES string of the molecule is NC(N)=Nc1ccc(Oc2ccccc2)cc1N([O-])O. The first-order valence-corrected chi connectivity index (χ1v) is 5.69. The van der Waals surface area contributed by atoms with Gasteiger partial charge in [-0.05, 0) is 24.3 Å². The minimum atomic E-state index is -0.320. The molecule has 20 heavy (non-hydrogen) atoms. The molecule has 0 saturated carbocycles. The summed E-state index contributed by atoms with van der Waals surface area (Å²) in [6.45, 7) is 0. The lowest BCUT2D eigenvalue weighted by molar-refractivity contribution is 0.296. The van der Waals surface area contributed by atoms with Gasteiger partial charge in [0.15, 0.2) is 5.96 Å². The van der Waals surface area contributed by atoms with Crippen LogP contribution in [0, 0.1) is 5.21 Å². The number of para-hydroxylation sites is 1. The van der Waals surface area contributed by atoms with E-state index < -0.39 is 0 Å². The molecule has 0 unspecified atom stereocenters. The molecular weight excluding hydrogens is 260 g/mol. The maximum atomic E-state index is 11.1.